The average Bonchev–Trinajstić information content (AvgIpc) is 3.32. The smallest absolute Gasteiger partial charge is 0.193 e. The van der Waals surface area contributed by atoms with Gasteiger partial charge in [-0.05, 0) is 45.6 Å². The number of H-pyrrole nitrogens is 1. The molecule has 0 atom stereocenters. The topological polar surface area (TPSA) is 89.6 Å². The first kappa shape index (κ1) is 18.3. The Morgan fingerprint density at radius 3 is 2.50 bits per heavy atom. The van der Waals surface area contributed by atoms with E-state index in [1.165, 1.54) is 11.9 Å². The third-order valence-corrected chi connectivity index (χ3v) is 5.37. The van der Waals surface area contributed by atoms with E-state index < -0.39 is 0 Å². The van der Waals surface area contributed by atoms with Gasteiger partial charge < -0.3 is 4.98 Å². The molecule has 4 aromatic heterocycles. The maximum atomic E-state index is 4.89. The number of nitrogens with zero attached hydrogens (tertiary/aromatic N) is 7. The van der Waals surface area contributed by atoms with Crippen molar-refractivity contribution in [1.29, 1.82) is 0 Å². The molecule has 8 nitrogen and oxygen atoms in total. The summed E-state index contributed by atoms with van der Waals surface area (Å²) in [5, 5.41) is 8.92. The highest BCUT2D eigenvalue weighted by Gasteiger charge is 2.23. The summed E-state index contributed by atoms with van der Waals surface area (Å²) in [7, 11) is 1.85. The predicted molar refractivity (Wildman–Crippen MR) is 108 cm³/mol. The van der Waals surface area contributed by atoms with Crippen LogP contribution in [0.2, 0.25) is 0 Å². The minimum atomic E-state index is 0.466. The number of fused-ring (bicyclic) bond motifs is 1. The van der Waals surface area contributed by atoms with Crippen LogP contribution in [0.3, 0.4) is 0 Å². The van der Waals surface area contributed by atoms with Crippen molar-refractivity contribution >= 4 is 5.65 Å². The zero-order valence-corrected chi connectivity index (χ0v) is 17.3. The fraction of sp³-hybridized carbons (Fsp3) is 0.450. The lowest BCUT2D eigenvalue weighted by atomic mass is 9.95. The van der Waals surface area contributed by atoms with Crippen LogP contribution < -0.4 is 0 Å². The van der Waals surface area contributed by atoms with E-state index in [0.717, 1.165) is 47.0 Å². The van der Waals surface area contributed by atoms with Crippen molar-refractivity contribution in [3.05, 3.63) is 35.0 Å². The van der Waals surface area contributed by atoms with Crippen molar-refractivity contribution < 1.29 is 0 Å². The van der Waals surface area contributed by atoms with Gasteiger partial charge in [0.1, 0.15) is 17.7 Å². The van der Waals surface area contributed by atoms with E-state index >= 15 is 0 Å². The largest absolute Gasteiger partial charge is 0.339 e. The molecule has 0 spiro atoms. The van der Waals surface area contributed by atoms with Gasteiger partial charge in [0.15, 0.2) is 17.3 Å². The molecule has 0 bridgehead atoms. The van der Waals surface area contributed by atoms with Gasteiger partial charge in [0.25, 0.3) is 0 Å². The predicted octanol–water partition coefficient (Wildman–Crippen LogP) is 3.74. The van der Waals surface area contributed by atoms with E-state index in [4.69, 9.17) is 15.1 Å². The lowest BCUT2D eigenvalue weighted by Crippen LogP contribution is -2.05. The summed E-state index contributed by atoms with van der Waals surface area (Å²) in [5.74, 6) is 1.85. The number of nitrogens with one attached hydrogen (secondary N) is 1. The second-order valence-corrected chi connectivity index (χ2v) is 7.30. The molecular weight excluding hydrogens is 352 g/mol. The number of hydrogen-bond acceptors (Lipinski definition) is 5. The fourth-order valence-electron chi connectivity index (χ4n) is 3.89. The quantitative estimate of drug-likeness (QED) is 0.571. The average molecular weight is 378 g/mol. The highest BCUT2D eigenvalue weighted by atomic mass is 15.3. The van der Waals surface area contributed by atoms with Gasteiger partial charge >= 0.3 is 0 Å². The van der Waals surface area contributed by atoms with Crippen LogP contribution in [-0.2, 0) is 7.05 Å². The van der Waals surface area contributed by atoms with Gasteiger partial charge in [-0.3, -0.25) is 0 Å². The molecule has 4 heterocycles. The van der Waals surface area contributed by atoms with Crippen molar-refractivity contribution in [3.8, 4) is 23.0 Å². The van der Waals surface area contributed by atoms with Crippen LogP contribution >= 0.6 is 0 Å². The Labute approximate surface area is 164 Å². The third-order valence-electron chi connectivity index (χ3n) is 5.37. The Morgan fingerprint density at radius 1 is 1.11 bits per heavy atom. The van der Waals surface area contributed by atoms with Crippen LogP contribution in [0.25, 0.3) is 28.7 Å². The van der Waals surface area contributed by atoms with E-state index in [1.807, 2.05) is 32.3 Å². The molecule has 0 aliphatic carbocycles. The molecule has 146 valence electrons. The Hall–Kier alpha value is -3.03. The van der Waals surface area contributed by atoms with Crippen LogP contribution in [0.4, 0.5) is 0 Å². The molecular formula is C20H26N8. The summed E-state index contributed by atoms with van der Waals surface area (Å²) >= 11 is 0. The summed E-state index contributed by atoms with van der Waals surface area (Å²) in [4.78, 5) is 17.4. The number of aromatic amines is 1. The van der Waals surface area contributed by atoms with E-state index in [2.05, 4.69) is 35.0 Å². The van der Waals surface area contributed by atoms with Gasteiger partial charge in [0.05, 0.1) is 11.4 Å². The van der Waals surface area contributed by atoms with E-state index in [9.17, 15) is 0 Å². The van der Waals surface area contributed by atoms with Crippen LogP contribution in [-0.4, -0.2) is 39.3 Å². The Balaban J connectivity index is 1.94. The standard InChI is InChI=1S/C20H26N8/c1-7-14(8-2)15-9-11(3)26-28-17(13(5)24-19(15)28)16-12(4)23-18(25-16)20-21-10-22-27(20)6/h9-10,14H,7-8H2,1-6H3,(H,23,25). The molecule has 0 saturated carbocycles. The lowest BCUT2D eigenvalue weighted by Gasteiger charge is -2.14. The zero-order valence-electron chi connectivity index (χ0n) is 17.3. The van der Waals surface area contributed by atoms with Gasteiger partial charge in [-0.15, -0.1) is 0 Å². The summed E-state index contributed by atoms with van der Waals surface area (Å²) in [5.41, 5.74) is 6.81. The summed E-state index contributed by atoms with van der Waals surface area (Å²) in [6.07, 6.45) is 3.68. The Kier molecular flexibility index (Phi) is 4.49. The first-order valence-electron chi connectivity index (χ1n) is 9.72. The van der Waals surface area contributed by atoms with E-state index in [1.54, 1.807) is 4.68 Å². The van der Waals surface area contributed by atoms with Crippen molar-refractivity contribution in [1.82, 2.24) is 39.3 Å². The van der Waals surface area contributed by atoms with Crippen molar-refractivity contribution in [3.63, 3.8) is 0 Å². The molecule has 0 saturated heterocycles. The minimum absolute atomic E-state index is 0.466. The monoisotopic (exact) mass is 378 g/mol. The molecule has 0 radical (unpaired) electrons. The molecule has 0 unspecified atom stereocenters. The summed E-state index contributed by atoms with van der Waals surface area (Å²) in [6, 6.07) is 2.17. The zero-order chi connectivity index (χ0) is 20.0. The first-order valence-corrected chi connectivity index (χ1v) is 9.72. The van der Waals surface area contributed by atoms with Crippen LogP contribution in [0.1, 0.15) is 55.3 Å². The lowest BCUT2D eigenvalue weighted by molar-refractivity contribution is 0.638. The molecule has 28 heavy (non-hydrogen) atoms. The highest BCUT2D eigenvalue weighted by Crippen LogP contribution is 2.32. The molecule has 0 aromatic carbocycles. The first-order chi connectivity index (χ1) is 13.4. The van der Waals surface area contributed by atoms with E-state index in [0.29, 0.717) is 17.6 Å². The fourth-order valence-corrected chi connectivity index (χ4v) is 3.89. The molecule has 8 heteroatoms. The van der Waals surface area contributed by atoms with Crippen LogP contribution in [0.5, 0.6) is 0 Å². The van der Waals surface area contributed by atoms with Gasteiger partial charge in [-0.25, -0.2) is 24.1 Å². The van der Waals surface area contributed by atoms with Crippen LogP contribution in [0, 0.1) is 20.8 Å². The van der Waals surface area contributed by atoms with E-state index in [-0.39, 0.29) is 0 Å². The normalized spacial score (nSPS) is 11.8. The van der Waals surface area contributed by atoms with Gasteiger partial charge in [0.2, 0.25) is 0 Å². The summed E-state index contributed by atoms with van der Waals surface area (Å²) < 4.78 is 3.67. The molecule has 0 aliphatic rings. The molecule has 0 aliphatic heterocycles. The van der Waals surface area contributed by atoms with Gasteiger partial charge in [0, 0.05) is 18.3 Å². The maximum Gasteiger partial charge on any atom is 0.193 e. The Bertz CT molecular complexity index is 1140. The second-order valence-electron chi connectivity index (χ2n) is 7.30. The number of aryl methyl sites for hydroxylation is 4. The molecule has 1 N–H and O–H groups in total. The maximum absolute atomic E-state index is 4.89. The minimum Gasteiger partial charge on any atom is -0.339 e. The van der Waals surface area contributed by atoms with Gasteiger partial charge in [-0.1, -0.05) is 13.8 Å². The second kappa shape index (κ2) is 6.85. The van der Waals surface area contributed by atoms with Crippen molar-refractivity contribution in [2.45, 2.75) is 53.4 Å². The number of aromatic nitrogens is 8. The molecule has 4 aromatic rings. The van der Waals surface area contributed by atoms with Crippen LogP contribution in [0.15, 0.2) is 12.4 Å². The van der Waals surface area contributed by atoms with Crippen molar-refractivity contribution in [2.75, 3.05) is 0 Å². The molecule has 0 fully saturated rings. The van der Waals surface area contributed by atoms with Crippen molar-refractivity contribution in [2.24, 2.45) is 7.05 Å². The number of imidazole rings is 2. The Morgan fingerprint density at radius 2 is 1.86 bits per heavy atom. The number of rotatable bonds is 5. The molecule has 0 amide bonds. The SMILES string of the molecule is CCC(CC)c1cc(C)nn2c(-c3nc(-c4ncnn4C)[nH]c3C)c(C)nc12. The van der Waals surface area contributed by atoms with Gasteiger partial charge in [-0.2, -0.15) is 10.2 Å². The highest BCUT2D eigenvalue weighted by molar-refractivity contribution is 5.69. The summed E-state index contributed by atoms with van der Waals surface area (Å²) in [6.45, 7) is 10.5. The number of hydrogen-bond donors (Lipinski definition) is 1. The third kappa shape index (κ3) is 2.80. The molecule has 4 rings (SSSR count).